The molecule has 0 radical (unpaired) electrons. The van der Waals surface area contributed by atoms with Crippen LogP contribution in [0.1, 0.15) is 80.4 Å². The first kappa shape index (κ1) is 42.4. The van der Waals surface area contributed by atoms with E-state index in [-0.39, 0.29) is 74.5 Å². The van der Waals surface area contributed by atoms with Crippen LogP contribution in [0.5, 0.6) is 0 Å². The molecule has 184 valence electrons. The molecule has 0 aromatic carbocycles. The van der Waals surface area contributed by atoms with E-state index in [4.69, 9.17) is 26.2 Å². The Bertz CT molecular complexity index is 575. The van der Waals surface area contributed by atoms with Crippen LogP contribution in [0, 0.1) is 0 Å². The minimum atomic E-state index is -4.76. The third kappa shape index (κ3) is 37.5. The summed E-state index contributed by atoms with van der Waals surface area (Å²) in [5, 5.41) is 13.8. The van der Waals surface area contributed by atoms with Gasteiger partial charge in [-0.3, -0.25) is 18.9 Å². The number of hydrogen-bond acceptors (Lipinski definition) is 7. The van der Waals surface area contributed by atoms with Gasteiger partial charge in [0.1, 0.15) is 0 Å². The molecule has 1 unspecified atom stereocenters. The number of aliphatic hydroxyl groups excluding tert-OH is 1. The van der Waals surface area contributed by atoms with Crippen LogP contribution in [0.4, 0.5) is 0 Å². The molecule has 9 N–H and O–H groups in total. The van der Waals surface area contributed by atoms with Crippen molar-refractivity contribution in [3.8, 4) is 0 Å². The third-order valence-corrected chi connectivity index (χ3v) is 4.76. The van der Waals surface area contributed by atoms with Crippen molar-refractivity contribution in [2.75, 3.05) is 13.2 Å². The van der Waals surface area contributed by atoms with Gasteiger partial charge in [0, 0.05) is 13.0 Å². The molecule has 0 saturated carbocycles. The predicted octanol–water partition coefficient (Wildman–Crippen LogP) is -5.23. The van der Waals surface area contributed by atoms with Gasteiger partial charge >= 0.3 is 65.1 Å². The number of unbranched alkanes of at least 4 members (excludes halogenated alkanes) is 8. The molecule has 0 fully saturated rings. The zero-order valence-electron chi connectivity index (χ0n) is 21.8. The topological polar surface area (TPSA) is 224 Å². The van der Waals surface area contributed by atoms with Crippen LogP contribution in [-0.2, 0) is 24.5 Å². The molecule has 11 nitrogen and oxygen atoms in total. The Morgan fingerprint density at radius 2 is 1.25 bits per heavy atom. The van der Waals surface area contributed by atoms with Gasteiger partial charge in [-0.1, -0.05) is 58.3 Å². The van der Waals surface area contributed by atoms with Gasteiger partial charge in [0.15, 0.2) is 5.25 Å². The SMILES string of the molecule is CCCCCCCCCCCC(N)=O.NC(=O)CC(C(=O)O)S(=O)(=O)O.NCCO.[H-].[H-].[Na+].[Na+]. The van der Waals surface area contributed by atoms with E-state index < -0.39 is 33.7 Å². The van der Waals surface area contributed by atoms with E-state index in [1.165, 1.54) is 44.9 Å². The zero-order chi connectivity index (χ0) is 24.0. The Morgan fingerprint density at radius 1 is 0.875 bits per heavy atom. The molecular weight excluding hydrogens is 464 g/mol. The standard InChI is InChI=1S/C12H25NO.C4H7NO6S.C2H7NO.2Na.2H/c1-2-3-4-5-6-7-8-9-10-11-12(13)14;5-3(6)1-2(4(7)8)12(9,10)11;3-1-2-4;;;;/h2-11H2,1H3,(H2,13,14);2H,1H2,(H2,5,6)(H,7,8)(H,9,10,11);4H,1-3H2;;;;/q;;;2*+1;2*-1. The van der Waals surface area contributed by atoms with Gasteiger partial charge < -0.3 is 30.3 Å². The number of carboxylic acid groups (broad SMARTS) is 1. The maximum atomic E-state index is 10.4. The Hall–Kier alpha value is 0.240. The smallest absolute Gasteiger partial charge is 1.00 e. The largest absolute Gasteiger partial charge is 1.00 e. The number of primary amides is 2. The van der Waals surface area contributed by atoms with Gasteiger partial charge in [0.05, 0.1) is 13.0 Å². The van der Waals surface area contributed by atoms with Crippen molar-refractivity contribution < 1.29 is 99.5 Å². The summed E-state index contributed by atoms with van der Waals surface area (Å²) in [7, 11) is -4.76. The molecule has 0 aromatic heterocycles. The Labute approximate surface area is 238 Å². The average molecular weight is 506 g/mol. The van der Waals surface area contributed by atoms with Crippen molar-refractivity contribution in [1.29, 1.82) is 0 Å². The molecular formula is C18H41N3Na2O8S. The molecule has 0 saturated heterocycles. The molecule has 14 heteroatoms. The minimum Gasteiger partial charge on any atom is -1.00 e. The monoisotopic (exact) mass is 505 g/mol. The van der Waals surface area contributed by atoms with Crippen LogP contribution >= 0.6 is 0 Å². The molecule has 0 heterocycles. The van der Waals surface area contributed by atoms with Crippen molar-refractivity contribution in [2.45, 2.75) is 82.8 Å². The fourth-order valence-electron chi connectivity index (χ4n) is 2.11. The van der Waals surface area contributed by atoms with E-state index in [2.05, 4.69) is 12.7 Å². The van der Waals surface area contributed by atoms with E-state index in [1.807, 2.05) is 0 Å². The molecule has 0 bridgehead atoms. The summed E-state index contributed by atoms with van der Waals surface area (Å²) in [5.41, 5.74) is 14.4. The Balaban J connectivity index is -0.0000000675. The first-order valence-electron chi connectivity index (χ1n) is 10.0. The summed E-state index contributed by atoms with van der Waals surface area (Å²) in [6, 6.07) is 0. The number of hydrogen-bond donors (Lipinski definition) is 6. The maximum absolute atomic E-state index is 10.4. The van der Waals surface area contributed by atoms with Crippen LogP contribution in [0.15, 0.2) is 0 Å². The normalized spacial score (nSPS) is 10.6. The number of rotatable bonds is 15. The molecule has 0 rings (SSSR count). The average Bonchev–Trinajstić information content (AvgIpc) is 2.64. The predicted molar refractivity (Wildman–Crippen MR) is 116 cm³/mol. The van der Waals surface area contributed by atoms with Crippen molar-refractivity contribution in [1.82, 2.24) is 0 Å². The van der Waals surface area contributed by atoms with Crippen LogP contribution < -0.4 is 76.3 Å². The van der Waals surface area contributed by atoms with Gasteiger partial charge in [-0.15, -0.1) is 0 Å². The van der Waals surface area contributed by atoms with Crippen molar-refractivity contribution in [3.63, 3.8) is 0 Å². The number of carbonyl (C=O) groups excluding carboxylic acids is 2. The molecule has 0 aliphatic carbocycles. The summed E-state index contributed by atoms with van der Waals surface area (Å²) < 4.78 is 28.8. The maximum Gasteiger partial charge on any atom is 1.00 e. The van der Waals surface area contributed by atoms with E-state index in [1.54, 1.807) is 0 Å². The second-order valence-electron chi connectivity index (χ2n) is 6.57. The fraction of sp³-hybridized carbons (Fsp3) is 0.833. The number of carbonyl (C=O) groups is 3. The second kappa shape index (κ2) is 29.3. The molecule has 2 amide bonds. The summed E-state index contributed by atoms with van der Waals surface area (Å²) in [6.07, 6.45) is 11.2. The fourth-order valence-corrected chi connectivity index (χ4v) is 2.74. The van der Waals surface area contributed by atoms with Crippen molar-refractivity contribution in [3.05, 3.63) is 0 Å². The zero-order valence-corrected chi connectivity index (χ0v) is 24.6. The van der Waals surface area contributed by atoms with E-state index in [0.717, 1.165) is 12.8 Å². The molecule has 0 aromatic rings. The number of carboxylic acids is 1. The van der Waals surface area contributed by atoms with Crippen molar-refractivity contribution >= 4 is 27.9 Å². The van der Waals surface area contributed by atoms with Crippen LogP contribution in [0.25, 0.3) is 0 Å². The summed E-state index contributed by atoms with van der Waals surface area (Å²) >= 11 is 0. The van der Waals surface area contributed by atoms with Crippen LogP contribution in [-0.4, -0.2) is 59.4 Å². The third-order valence-electron chi connectivity index (χ3n) is 3.68. The van der Waals surface area contributed by atoms with Gasteiger partial charge in [-0.05, 0) is 6.42 Å². The number of amides is 2. The van der Waals surface area contributed by atoms with Crippen LogP contribution in [0.2, 0.25) is 0 Å². The summed E-state index contributed by atoms with van der Waals surface area (Å²) in [6.45, 7) is 2.71. The molecule has 0 aliphatic rings. The molecule has 0 aliphatic heterocycles. The van der Waals surface area contributed by atoms with Gasteiger partial charge in [0.2, 0.25) is 11.8 Å². The number of aliphatic carboxylic acids is 1. The van der Waals surface area contributed by atoms with Gasteiger partial charge in [-0.25, -0.2) is 0 Å². The molecule has 1 atom stereocenters. The van der Waals surface area contributed by atoms with Crippen molar-refractivity contribution in [2.24, 2.45) is 17.2 Å². The van der Waals surface area contributed by atoms with Crippen LogP contribution in [0.3, 0.4) is 0 Å². The Kier molecular flexibility index (Phi) is 38.8. The first-order chi connectivity index (χ1) is 13.9. The number of nitrogens with two attached hydrogens (primary N) is 3. The Morgan fingerprint density at radius 3 is 1.47 bits per heavy atom. The summed E-state index contributed by atoms with van der Waals surface area (Å²) in [4.78, 5) is 30.7. The molecule has 0 spiro atoms. The van der Waals surface area contributed by atoms with E-state index in [0.29, 0.717) is 13.0 Å². The first-order valence-corrected chi connectivity index (χ1v) is 11.5. The minimum absolute atomic E-state index is 0. The van der Waals surface area contributed by atoms with E-state index >= 15 is 0 Å². The number of aliphatic hydroxyl groups is 1. The molecule has 32 heavy (non-hydrogen) atoms. The second-order valence-corrected chi connectivity index (χ2v) is 8.17. The summed E-state index contributed by atoms with van der Waals surface area (Å²) in [5.74, 6) is -3.08. The van der Waals surface area contributed by atoms with E-state index in [9.17, 15) is 22.8 Å². The quantitative estimate of drug-likeness (QED) is 0.0709. The van der Waals surface area contributed by atoms with Gasteiger partial charge in [0.25, 0.3) is 10.1 Å². The van der Waals surface area contributed by atoms with Gasteiger partial charge in [-0.2, -0.15) is 8.42 Å².